The number of anilines is 2. The molecule has 3 aromatic carbocycles. The third-order valence-electron chi connectivity index (χ3n) is 4.81. The summed E-state index contributed by atoms with van der Waals surface area (Å²) in [5.74, 6) is 0. The summed E-state index contributed by atoms with van der Waals surface area (Å²) in [5.41, 5.74) is 2.22. The standard InChI is InChI=1S/C21H14N4O3S/c26-21-23(15-6-2-1-3-7-15)19(14-10-12-16(13-11-14)25(27)28)22-20-24(21)17-8-4-5-9-18(17)29-20/h1-13,19H. The van der Waals surface area contributed by atoms with Gasteiger partial charge in [-0.3, -0.25) is 15.0 Å². The first-order valence-electron chi connectivity index (χ1n) is 8.91. The average Bonchev–Trinajstić information content (AvgIpc) is 3.13. The van der Waals surface area contributed by atoms with Crippen LogP contribution in [0.2, 0.25) is 0 Å². The van der Waals surface area contributed by atoms with Crippen LogP contribution in [-0.4, -0.2) is 16.1 Å². The van der Waals surface area contributed by atoms with Crippen molar-refractivity contribution in [2.45, 2.75) is 11.1 Å². The highest BCUT2D eigenvalue weighted by atomic mass is 32.2. The lowest BCUT2D eigenvalue weighted by molar-refractivity contribution is -0.384. The van der Waals surface area contributed by atoms with Gasteiger partial charge in [-0.1, -0.05) is 30.3 Å². The van der Waals surface area contributed by atoms with Crippen molar-refractivity contribution in [1.29, 1.82) is 0 Å². The highest BCUT2D eigenvalue weighted by molar-refractivity contribution is 8.15. The lowest BCUT2D eigenvalue weighted by Crippen LogP contribution is -2.50. The van der Waals surface area contributed by atoms with E-state index in [0.717, 1.165) is 10.6 Å². The molecule has 8 heteroatoms. The van der Waals surface area contributed by atoms with Crippen LogP contribution in [-0.2, 0) is 0 Å². The maximum atomic E-state index is 13.6. The summed E-state index contributed by atoms with van der Waals surface area (Å²) in [5, 5.41) is 11.6. The number of rotatable bonds is 3. The largest absolute Gasteiger partial charge is 0.337 e. The van der Waals surface area contributed by atoms with Gasteiger partial charge in [0, 0.05) is 22.7 Å². The van der Waals surface area contributed by atoms with Crippen LogP contribution >= 0.6 is 11.8 Å². The highest BCUT2D eigenvalue weighted by Crippen LogP contribution is 2.46. The number of non-ortho nitro benzene ring substituents is 1. The van der Waals surface area contributed by atoms with Crippen molar-refractivity contribution in [3.05, 3.63) is 94.5 Å². The molecule has 142 valence electrons. The molecule has 2 amide bonds. The molecular weight excluding hydrogens is 388 g/mol. The summed E-state index contributed by atoms with van der Waals surface area (Å²) in [6.07, 6.45) is -0.612. The van der Waals surface area contributed by atoms with Crippen molar-refractivity contribution in [2.75, 3.05) is 9.80 Å². The highest BCUT2D eigenvalue weighted by Gasteiger charge is 2.42. The van der Waals surface area contributed by atoms with E-state index in [-0.39, 0.29) is 11.7 Å². The van der Waals surface area contributed by atoms with E-state index in [9.17, 15) is 14.9 Å². The summed E-state index contributed by atoms with van der Waals surface area (Å²) in [6, 6.07) is 23.0. The second kappa shape index (κ2) is 6.75. The lowest BCUT2D eigenvalue weighted by Gasteiger charge is -2.37. The Morgan fingerprint density at radius 1 is 0.931 bits per heavy atom. The Labute approximate surface area is 170 Å². The Kier molecular flexibility index (Phi) is 4.06. The number of hydrogen-bond donors (Lipinski definition) is 0. The molecule has 0 saturated carbocycles. The normalized spacial score (nSPS) is 17.6. The van der Waals surface area contributed by atoms with Crippen LogP contribution in [0, 0.1) is 10.1 Å². The van der Waals surface area contributed by atoms with Crippen molar-refractivity contribution < 1.29 is 9.72 Å². The predicted octanol–water partition coefficient (Wildman–Crippen LogP) is 5.20. The van der Waals surface area contributed by atoms with Crippen molar-refractivity contribution in [3.8, 4) is 0 Å². The third kappa shape index (κ3) is 2.85. The van der Waals surface area contributed by atoms with Crippen LogP contribution < -0.4 is 9.80 Å². The minimum absolute atomic E-state index is 0.000858. The van der Waals surface area contributed by atoms with E-state index in [0.29, 0.717) is 16.4 Å². The topological polar surface area (TPSA) is 79.0 Å². The first kappa shape index (κ1) is 17.4. The summed E-state index contributed by atoms with van der Waals surface area (Å²) in [6.45, 7) is 0. The Morgan fingerprint density at radius 3 is 2.34 bits per heavy atom. The van der Waals surface area contributed by atoms with E-state index in [4.69, 9.17) is 4.99 Å². The number of fused-ring (bicyclic) bond motifs is 3. The molecule has 0 saturated heterocycles. The number of nitro benzene ring substituents is 1. The second-order valence-electron chi connectivity index (χ2n) is 6.53. The maximum Gasteiger partial charge on any atom is 0.337 e. The number of amidine groups is 1. The fourth-order valence-corrected chi connectivity index (χ4v) is 4.48. The van der Waals surface area contributed by atoms with Gasteiger partial charge in [-0.15, -0.1) is 0 Å². The molecule has 5 rings (SSSR count). The number of nitrogens with zero attached hydrogens (tertiary/aromatic N) is 4. The minimum atomic E-state index is -0.612. The van der Waals surface area contributed by atoms with E-state index in [2.05, 4.69) is 0 Å². The van der Waals surface area contributed by atoms with Crippen molar-refractivity contribution in [1.82, 2.24) is 0 Å². The molecule has 1 unspecified atom stereocenters. The zero-order valence-electron chi connectivity index (χ0n) is 15.0. The third-order valence-corrected chi connectivity index (χ3v) is 5.85. The zero-order chi connectivity index (χ0) is 20.0. The van der Waals surface area contributed by atoms with Crippen LogP contribution in [0.25, 0.3) is 0 Å². The van der Waals surface area contributed by atoms with Crippen LogP contribution in [0.4, 0.5) is 21.9 Å². The van der Waals surface area contributed by atoms with Crippen LogP contribution in [0.3, 0.4) is 0 Å². The number of urea groups is 1. The quantitative estimate of drug-likeness (QED) is 0.445. The van der Waals surface area contributed by atoms with Gasteiger partial charge in [0.15, 0.2) is 11.3 Å². The zero-order valence-corrected chi connectivity index (χ0v) is 15.8. The number of thioether (sulfide) groups is 1. The molecule has 29 heavy (non-hydrogen) atoms. The smallest absolute Gasteiger partial charge is 0.267 e. The Hall–Kier alpha value is -3.65. The predicted molar refractivity (Wildman–Crippen MR) is 112 cm³/mol. The molecule has 0 spiro atoms. The van der Waals surface area contributed by atoms with Crippen LogP contribution in [0.1, 0.15) is 11.7 Å². The monoisotopic (exact) mass is 402 g/mol. The summed E-state index contributed by atoms with van der Waals surface area (Å²) >= 11 is 1.45. The molecule has 3 aromatic rings. The molecule has 2 aliphatic rings. The molecule has 2 heterocycles. The fourth-order valence-electron chi connectivity index (χ4n) is 3.45. The first-order valence-corrected chi connectivity index (χ1v) is 9.72. The molecule has 0 aliphatic carbocycles. The van der Waals surface area contributed by atoms with E-state index in [1.807, 2.05) is 54.6 Å². The van der Waals surface area contributed by atoms with E-state index in [1.54, 1.807) is 21.9 Å². The van der Waals surface area contributed by atoms with Crippen molar-refractivity contribution in [2.24, 2.45) is 4.99 Å². The maximum absolute atomic E-state index is 13.6. The van der Waals surface area contributed by atoms with Crippen LogP contribution in [0.5, 0.6) is 0 Å². The number of amides is 2. The molecule has 0 radical (unpaired) electrons. The van der Waals surface area contributed by atoms with Gasteiger partial charge >= 0.3 is 6.03 Å². The summed E-state index contributed by atoms with van der Waals surface area (Å²) < 4.78 is 0. The fraction of sp³-hybridized carbons (Fsp3) is 0.0476. The van der Waals surface area contributed by atoms with Gasteiger partial charge < -0.3 is 0 Å². The van der Waals surface area contributed by atoms with E-state index in [1.165, 1.54) is 23.9 Å². The van der Waals surface area contributed by atoms with Gasteiger partial charge in [0.1, 0.15) is 0 Å². The molecule has 2 aliphatic heterocycles. The van der Waals surface area contributed by atoms with Gasteiger partial charge in [-0.2, -0.15) is 0 Å². The van der Waals surface area contributed by atoms with E-state index >= 15 is 0 Å². The molecule has 7 nitrogen and oxygen atoms in total. The van der Waals surface area contributed by atoms with Gasteiger partial charge in [-0.05, 0) is 53.7 Å². The average molecular weight is 402 g/mol. The molecule has 1 atom stereocenters. The SMILES string of the molecule is O=C1N2C(=NC(c3ccc([N+](=O)[O-])cc3)N1c1ccccc1)Sc1ccccc12. The summed E-state index contributed by atoms with van der Waals surface area (Å²) in [4.78, 5) is 33.2. The first-order chi connectivity index (χ1) is 14.1. The Bertz CT molecular complexity index is 1150. The van der Waals surface area contributed by atoms with Gasteiger partial charge in [-0.25, -0.2) is 14.7 Å². The number of carbonyl (C=O) groups excluding carboxylic acids is 1. The number of para-hydroxylation sites is 2. The number of hydrogen-bond acceptors (Lipinski definition) is 5. The van der Waals surface area contributed by atoms with Crippen LogP contribution in [0.15, 0.2) is 88.8 Å². The number of benzene rings is 3. The minimum Gasteiger partial charge on any atom is -0.267 e. The van der Waals surface area contributed by atoms with Gasteiger partial charge in [0.05, 0.1) is 10.6 Å². The molecule has 0 fully saturated rings. The van der Waals surface area contributed by atoms with Crippen molar-refractivity contribution in [3.63, 3.8) is 0 Å². The molecule has 0 aromatic heterocycles. The Balaban J connectivity index is 1.65. The van der Waals surface area contributed by atoms with Gasteiger partial charge in [0.25, 0.3) is 5.69 Å². The van der Waals surface area contributed by atoms with Gasteiger partial charge in [0.2, 0.25) is 0 Å². The Morgan fingerprint density at radius 2 is 1.62 bits per heavy atom. The number of aliphatic imine (C=N–C) groups is 1. The molecule has 0 bridgehead atoms. The number of carbonyl (C=O) groups is 1. The lowest BCUT2D eigenvalue weighted by atomic mass is 10.1. The van der Waals surface area contributed by atoms with Crippen molar-refractivity contribution >= 4 is 40.0 Å². The summed E-state index contributed by atoms with van der Waals surface area (Å²) in [7, 11) is 0. The number of nitro groups is 1. The molecule has 0 N–H and O–H groups in total. The second-order valence-corrected chi connectivity index (χ2v) is 7.54. The van der Waals surface area contributed by atoms with E-state index < -0.39 is 11.1 Å². The molecular formula is C21H14N4O3S.